The smallest absolute Gasteiger partial charge is 0.323 e. The molecule has 1 saturated heterocycles. The van der Waals surface area contributed by atoms with Crippen molar-refractivity contribution in [2.75, 3.05) is 6.54 Å². The van der Waals surface area contributed by atoms with Crippen LogP contribution < -0.4 is 0 Å². The highest BCUT2D eigenvalue weighted by molar-refractivity contribution is 5.83. The molecule has 0 aromatic heterocycles. The summed E-state index contributed by atoms with van der Waals surface area (Å²) in [5.41, 5.74) is -0.282. The number of hydrogen-bond acceptors (Lipinski definition) is 2. The normalized spacial score (nSPS) is 21.5. The fourth-order valence-corrected chi connectivity index (χ4v) is 1.46. The van der Waals surface area contributed by atoms with Crippen molar-refractivity contribution >= 4 is 11.9 Å². The van der Waals surface area contributed by atoms with E-state index in [1.54, 1.807) is 0 Å². The van der Waals surface area contributed by atoms with E-state index in [-0.39, 0.29) is 18.0 Å². The van der Waals surface area contributed by atoms with Crippen LogP contribution in [0.15, 0.2) is 0 Å². The zero-order valence-electron chi connectivity index (χ0n) is 7.33. The van der Waals surface area contributed by atoms with Crippen molar-refractivity contribution in [1.29, 1.82) is 0 Å². The monoisotopic (exact) mass is 171 g/mol. The molecule has 4 heteroatoms. The Morgan fingerprint density at radius 2 is 2.25 bits per heavy atom. The van der Waals surface area contributed by atoms with E-state index >= 15 is 0 Å². The van der Waals surface area contributed by atoms with Crippen LogP contribution in [0.4, 0.5) is 0 Å². The van der Waals surface area contributed by atoms with E-state index in [2.05, 4.69) is 0 Å². The highest BCUT2D eigenvalue weighted by Gasteiger charge is 2.38. The molecular weight excluding hydrogens is 158 g/mol. The highest BCUT2D eigenvalue weighted by atomic mass is 16.4. The van der Waals surface area contributed by atoms with E-state index in [1.807, 2.05) is 13.8 Å². The second kappa shape index (κ2) is 2.77. The largest absolute Gasteiger partial charge is 0.480 e. The van der Waals surface area contributed by atoms with E-state index in [0.29, 0.717) is 6.42 Å². The molecule has 0 bridgehead atoms. The van der Waals surface area contributed by atoms with E-state index in [0.717, 1.165) is 6.42 Å². The topological polar surface area (TPSA) is 57.6 Å². The Morgan fingerprint density at radius 3 is 2.58 bits per heavy atom. The highest BCUT2D eigenvalue weighted by Crippen LogP contribution is 2.28. The molecule has 12 heavy (non-hydrogen) atoms. The number of carbonyl (C=O) groups is 2. The maximum Gasteiger partial charge on any atom is 0.323 e. The molecule has 0 atom stereocenters. The SMILES string of the molecule is CC1(C)CCC(=O)N1CC(=O)O. The number of hydrogen-bond donors (Lipinski definition) is 1. The van der Waals surface area contributed by atoms with Gasteiger partial charge in [0, 0.05) is 12.0 Å². The number of carbonyl (C=O) groups excluding carboxylic acids is 1. The first-order valence-electron chi connectivity index (χ1n) is 3.96. The van der Waals surface area contributed by atoms with Gasteiger partial charge in [0.2, 0.25) is 5.91 Å². The molecule has 1 fully saturated rings. The lowest BCUT2D eigenvalue weighted by molar-refractivity contribution is -0.145. The zero-order chi connectivity index (χ0) is 9.35. The lowest BCUT2D eigenvalue weighted by atomic mass is 10.0. The van der Waals surface area contributed by atoms with Crippen LogP contribution in [-0.4, -0.2) is 34.0 Å². The predicted molar refractivity (Wildman–Crippen MR) is 42.7 cm³/mol. The fourth-order valence-electron chi connectivity index (χ4n) is 1.46. The summed E-state index contributed by atoms with van der Waals surface area (Å²) in [6.45, 7) is 3.60. The van der Waals surface area contributed by atoms with Gasteiger partial charge in [-0.3, -0.25) is 9.59 Å². The van der Waals surface area contributed by atoms with E-state index in [9.17, 15) is 9.59 Å². The summed E-state index contributed by atoms with van der Waals surface area (Å²) in [5.74, 6) is -0.999. The van der Waals surface area contributed by atoms with Gasteiger partial charge in [0.15, 0.2) is 0 Å². The van der Waals surface area contributed by atoms with Gasteiger partial charge in [-0.15, -0.1) is 0 Å². The second-order valence-corrected chi connectivity index (χ2v) is 3.69. The van der Waals surface area contributed by atoms with Gasteiger partial charge in [0.05, 0.1) is 0 Å². The zero-order valence-corrected chi connectivity index (χ0v) is 7.33. The van der Waals surface area contributed by atoms with Gasteiger partial charge >= 0.3 is 5.97 Å². The third-order valence-electron chi connectivity index (χ3n) is 2.28. The van der Waals surface area contributed by atoms with Crippen molar-refractivity contribution in [3.8, 4) is 0 Å². The minimum Gasteiger partial charge on any atom is -0.480 e. The summed E-state index contributed by atoms with van der Waals surface area (Å²) in [4.78, 5) is 23.0. The average Bonchev–Trinajstić information content (AvgIpc) is 2.15. The standard InChI is InChI=1S/C8H13NO3/c1-8(2)4-3-6(10)9(8)5-7(11)12/h3-5H2,1-2H3,(H,11,12). The van der Waals surface area contributed by atoms with Crippen LogP contribution in [0.3, 0.4) is 0 Å². The van der Waals surface area contributed by atoms with Crippen LogP contribution in [0.2, 0.25) is 0 Å². The maximum absolute atomic E-state index is 11.2. The number of carboxylic acids is 1. The van der Waals surface area contributed by atoms with Crippen molar-refractivity contribution in [3.63, 3.8) is 0 Å². The molecule has 1 aliphatic rings. The average molecular weight is 171 g/mol. The van der Waals surface area contributed by atoms with Gasteiger partial charge in [0.25, 0.3) is 0 Å². The number of rotatable bonds is 2. The van der Waals surface area contributed by atoms with Crippen LogP contribution in [0.1, 0.15) is 26.7 Å². The van der Waals surface area contributed by atoms with E-state index in [4.69, 9.17) is 5.11 Å². The molecule has 0 unspecified atom stereocenters. The quantitative estimate of drug-likeness (QED) is 0.657. The molecule has 1 aliphatic heterocycles. The molecule has 0 aromatic carbocycles. The minimum atomic E-state index is -0.946. The number of aliphatic carboxylic acids is 1. The first-order chi connectivity index (χ1) is 5.43. The lowest BCUT2D eigenvalue weighted by Gasteiger charge is -2.29. The fraction of sp³-hybridized carbons (Fsp3) is 0.750. The molecule has 0 spiro atoms. The van der Waals surface area contributed by atoms with Gasteiger partial charge in [-0.05, 0) is 20.3 Å². The molecule has 0 aromatic rings. The van der Waals surface area contributed by atoms with Gasteiger partial charge in [-0.25, -0.2) is 0 Å². The van der Waals surface area contributed by atoms with Crippen LogP contribution in [-0.2, 0) is 9.59 Å². The van der Waals surface area contributed by atoms with Crippen molar-refractivity contribution in [3.05, 3.63) is 0 Å². The van der Waals surface area contributed by atoms with E-state index in [1.165, 1.54) is 4.90 Å². The molecule has 1 rings (SSSR count). The number of likely N-dealkylation sites (tertiary alicyclic amines) is 1. The number of amides is 1. The summed E-state index contributed by atoms with van der Waals surface area (Å²) in [5, 5.41) is 8.53. The van der Waals surface area contributed by atoms with E-state index < -0.39 is 5.97 Å². The Morgan fingerprint density at radius 1 is 1.67 bits per heavy atom. The van der Waals surface area contributed by atoms with Crippen LogP contribution in [0.25, 0.3) is 0 Å². The number of carboxylic acid groups (broad SMARTS) is 1. The van der Waals surface area contributed by atoms with Crippen molar-refractivity contribution in [2.24, 2.45) is 0 Å². The van der Waals surface area contributed by atoms with Crippen molar-refractivity contribution < 1.29 is 14.7 Å². The van der Waals surface area contributed by atoms with Crippen molar-refractivity contribution in [1.82, 2.24) is 4.90 Å². The van der Waals surface area contributed by atoms with Gasteiger partial charge in [-0.1, -0.05) is 0 Å². The van der Waals surface area contributed by atoms with Crippen LogP contribution >= 0.6 is 0 Å². The third-order valence-corrected chi connectivity index (χ3v) is 2.28. The molecule has 1 N–H and O–H groups in total. The maximum atomic E-state index is 11.2. The Hall–Kier alpha value is -1.06. The molecule has 0 radical (unpaired) electrons. The van der Waals surface area contributed by atoms with Gasteiger partial charge < -0.3 is 10.0 Å². The molecular formula is C8H13NO3. The Bertz CT molecular complexity index is 222. The molecule has 4 nitrogen and oxygen atoms in total. The summed E-state index contributed by atoms with van der Waals surface area (Å²) >= 11 is 0. The van der Waals surface area contributed by atoms with Gasteiger partial charge in [0.1, 0.15) is 6.54 Å². The third kappa shape index (κ3) is 1.57. The molecule has 1 heterocycles. The lowest BCUT2D eigenvalue weighted by Crippen LogP contribution is -2.43. The first kappa shape index (κ1) is 9.03. The summed E-state index contributed by atoms with van der Waals surface area (Å²) in [6, 6.07) is 0. The summed E-state index contributed by atoms with van der Waals surface area (Å²) < 4.78 is 0. The second-order valence-electron chi connectivity index (χ2n) is 3.69. The van der Waals surface area contributed by atoms with Crippen LogP contribution in [0, 0.1) is 0 Å². The molecule has 0 aliphatic carbocycles. The van der Waals surface area contributed by atoms with Gasteiger partial charge in [-0.2, -0.15) is 0 Å². The first-order valence-corrected chi connectivity index (χ1v) is 3.96. The Kier molecular flexibility index (Phi) is 2.08. The predicted octanol–water partition coefficient (Wildman–Crippen LogP) is 0.472. The van der Waals surface area contributed by atoms with Crippen LogP contribution in [0.5, 0.6) is 0 Å². The minimum absolute atomic E-state index is 0.0533. The molecule has 1 amide bonds. The van der Waals surface area contributed by atoms with Crippen molar-refractivity contribution in [2.45, 2.75) is 32.2 Å². The Labute approximate surface area is 71.2 Å². The molecule has 68 valence electrons. The summed E-state index contributed by atoms with van der Waals surface area (Å²) in [7, 11) is 0. The molecule has 0 saturated carbocycles. The number of nitrogens with zero attached hydrogens (tertiary/aromatic N) is 1. The Balaban J connectivity index is 2.71. The summed E-state index contributed by atoms with van der Waals surface area (Å²) in [6.07, 6.45) is 1.22.